The van der Waals surface area contributed by atoms with Gasteiger partial charge in [0.25, 0.3) is 0 Å². The van der Waals surface area contributed by atoms with E-state index >= 15 is 0 Å². The molecule has 0 spiro atoms. The molecule has 0 radical (unpaired) electrons. The van der Waals surface area contributed by atoms with Gasteiger partial charge < -0.3 is 5.11 Å². The van der Waals surface area contributed by atoms with E-state index in [0.29, 0.717) is 30.5 Å². The second-order valence-electron chi connectivity index (χ2n) is 4.35. The van der Waals surface area contributed by atoms with Gasteiger partial charge in [0.1, 0.15) is 5.82 Å². The van der Waals surface area contributed by atoms with Gasteiger partial charge in [-0.1, -0.05) is 12.1 Å². The largest absolute Gasteiger partial charge is 0.395 e. The predicted molar refractivity (Wildman–Crippen MR) is 74.3 cm³/mol. The number of pyridine rings is 1. The summed E-state index contributed by atoms with van der Waals surface area (Å²) >= 11 is 0. The second kappa shape index (κ2) is 6.41. The molecule has 0 bridgehead atoms. The van der Waals surface area contributed by atoms with Gasteiger partial charge in [-0.15, -0.1) is 6.58 Å². The van der Waals surface area contributed by atoms with E-state index in [1.54, 1.807) is 30.5 Å². The Kier molecular flexibility index (Phi) is 4.60. The number of halogens is 1. The standard InChI is InChI=1S/C15H17FN2O/c1-2-8-18(9-10-19)11-12-5-6-14(16)13-4-3-7-17-15(12)13/h2-7,19H,1,8-11H2. The van der Waals surface area contributed by atoms with Gasteiger partial charge >= 0.3 is 0 Å². The van der Waals surface area contributed by atoms with Crippen molar-refractivity contribution in [2.24, 2.45) is 0 Å². The fourth-order valence-corrected chi connectivity index (χ4v) is 2.12. The Balaban J connectivity index is 2.34. The van der Waals surface area contributed by atoms with Crippen molar-refractivity contribution in [1.29, 1.82) is 0 Å². The smallest absolute Gasteiger partial charge is 0.132 e. The summed E-state index contributed by atoms with van der Waals surface area (Å²) in [5.41, 5.74) is 1.63. The Hall–Kier alpha value is -1.78. The van der Waals surface area contributed by atoms with Gasteiger partial charge in [0.15, 0.2) is 0 Å². The van der Waals surface area contributed by atoms with Crippen LogP contribution in [0.4, 0.5) is 4.39 Å². The van der Waals surface area contributed by atoms with Crippen molar-refractivity contribution in [3.63, 3.8) is 0 Å². The molecule has 0 amide bonds. The maximum Gasteiger partial charge on any atom is 0.132 e. The lowest BCUT2D eigenvalue weighted by molar-refractivity contribution is 0.204. The SMILES string of the molecule is C=CCN(CCO)Cc1ccc(F)c2cccnc12. The number of hydrogen-bond donors (Lipinski definition) is 1. The van der Waals surface area contributed by atoms with Gasteiger partial charge in [0.05, 0.1) is 12.1 Å². The van der Waals surface area contributed by atoms with E-state index in [2.05, 4.69) is 11.6 Å². The molecule has 2 aromatic rings. The minimum atomic E-state index is -0.260. The molecule has 19 heavy (non-hydrogen) atoms. The lowest BCUT2D eigenvalue weighted by Crippen LogP contribution is -2.26. The number of rotatable bonds is 6. The minimum absolute atomic E-state index is 0.0837. The van der Waals surface area contributed by atoms with E-state index in [4.69, 9.17) is 5.11 Å². The molecule has 0 atom stereocenters. The van der Waals surface area contributed by atoms with Gasteiger partial charge in [-0.2, -0.15) is 0 Å². The number of hydrogen-bond acceptors (Lipinski definition) is 3. The normalized spacial score (nSPS) is 11.1. The average molecular weight is 260 g/mol. The van der Waals surface area contributed by atoms with Crippen LogP contribution in [-0.4, -0.2) is 34.7 Å². The zero-order chi connectivity index (χ0) is 13.7. The zero-order valence-electron chi connectivity index (χ0n) is 10.7. The van der Waals surface area contributed by atoms with Crippen LogP contribution < -0.4 is 0 Å². The molecular weight excluding hydrogens is 243 g/mol. The summed E-state index contributed by atoms with van der Waals surface area (Å²) in [6.07, 6.45) is 3.45. The first-order chi connectivity index (χ1) is 9.26. The number of aliphatic hydroxyl groups is 1. The number of nitrogens with zero attached hydrogens (tertiary/aromatic N) is 2. The van der Waals surface area contributed by atoms with E-state index in [0.717, 1.165) is 5.56 Å². The van der Waals surface area contributed by atoms with Crippen molar-refractivity contribution >= 4 is 10.9 Å². The van der Waals surface area contributed by atoms with Crippen LogP contribution in [-0.2, 0) is 6.54 Å². The maximum absolute atomic E-state index is 13.7. The van der Waals surface area contributed by atoms with Crippen molar-refractivity contribution in [3.8, 4) is 0 Å². The van der Waals surface area contributed by atoms with E-state index in [-0.39, 0.29) is 12.4 Å². The van der Waals surface area contributed by atoms with Crippen LogP contribution >= 0.6 is 0 Å². The molecule has 0 aliphatic carbocycles. The fourth-order valence-electron chi connectivity index (χ4n) is 2.12. The first-order valence-electron chi connectivity index (χ1n) is 6.22. The topological polar surface area (TPSA) is 36.4 Å². The Morgan fingerprint density at radius 1 is 1.37 bits per heavy atom. The molecule has 0 saturated heterocycles. The van der Waals surface area contributed by atoms with Crippen molar-refractivity contribution in [1.82, 2.24) is 9.88 Å². The molecule has 2 rings (SSSR count). The highest BCUT2D eigenvalue weighted by molar-refractivity contribution is 5.82. The number of benzene rings is 1. The predicted octanol–water partition coefficient (Wildman–Crippen LogP) is 2.35. The van der Waals surface area contributed by atoms with E-state index in [1.165, 1.54) is 6.07 Å². The second-order valence-corrected chi connectivity index (χ2v) is 4.35. The van der Waals surface area contributed by atoms with Crippen LogP contribution in [0.2, 0.25) is 0 Å². The van der Waals surface area contributed by atoms with Gasteiger partial charge in [-0.25, -0.2) is 4.39 Å². The first-order valence-corrected chi connectivity index (χ1v) is 6.22. The van der Waals surface area contributed by atoms with Gasteiger partial charge in [-0.3, -0.25) is 9.88 Å². The number of aromatic nitrogens is 1. The summed E-state index contributed by atoms with van der Waals surface area (Å²) in [5.74, 6) is -0.260. The summed E-state index contributed by atoms with van der Waals surface area (Å²) in [4.78, 5) is 6.30. The Morgan fingerprint density at radius 3 is 2.95 bits per heavy atom. The molecule has 0 unspecified atom stereocenters. The van der Waals surface area contributed by atoms with Crippen LogP contribution in [0.1, 0.15) is 5.56 Å². The summed E-state index contributed by atoms with van der Waals surface area (Å²) in [6, 6.07) is 6.66. The molecule has 0 saturated carbocycles. The molecule has 3 nitrogen and oxygen atoms in total. The molecule has 4 heteroatoms. The van der Waals surface area contributed by atoms with Crippen molar-refractivity contribution < 1.29 is 9.50 Å². The maximum atomic E-state index is 13.7. The van der Waals surface area contributed by atoms with Gasteiger partial charge in [0, 0.05) is 31.2 Å². The third-order valence-electron chi connectivity index (χ3n) is 3.00. The van der Waals surface area contributed by atoms with Gasteiger partial charge in [-0.05, 0) is 23.8 Å². The summed E-state index contributed by atoms with van der Waals surface area (Å²) in [6.45, 7) is 5.62. The van der Waals surface area contributed by atoms with E-state index < -0.39 is 0 Å². The molecule has 0 fully saturated rings. The highest BCUT2D eigenvalue weighted by Crippen LogP contribution is 2.20. The third-order valence-corrected chi connectivity index (χ3v) is 3.00. The quantitative estimate of drug-likeness (QED) is 0.810. The van der Waals surface area contributed by atoms with E-state index in [9.17, 15) is 4.39 Å². The zero-order valence-corrected chi connectivity index (χ0v) is 10.7. The highest BCUT2D eigenvalue weighted by atomic mass is 19.1. The number of aliphatic hydroxyl groups excluding tert-OH is 1. The molecule has 1 heterocycles. The molecule has 0 aliphatic rings. The molecule has 1 N–H and O–H groups in total. The Bertz CT molecular complexity index is 571. The van der Waals surface area contributed by atoms with Crippen LogP contribution in [0.5, 0.6) is 0 Å². The van der Waals surface area contributed by atoms with E-state index in [1.807, 2.05) is 4.90 Å². The first kappa shape index (κ1) is 13.6. The summed E-state index contributed by atoms with van der Waals surface area (Å²) in [7, 11) is 0. The number of fused-ring (bicyclic) bond motifs is 1. The minimum Gasteiger partial charge on any atom is -0.395 e. The van der Waals surface area contributed by atoms with Crippen LogP contribution in [0.3, 0.4) is 0 Å². The van der Waals surface area contributed by atoms with Crippen LogP contribution in [0.25, 0.3) is 10.9 Å². The monoisotopic (exact) mass is 260 g/mol. The summed E-state index contributed by atoms with van der Waals surface area (Å²) < 4.78 is 13.7. The van der Waals surface area contributed by atoms with Crippen molar-refractivity contribution in [2.75, 3.05) is 19.7 Å². The average Bonchev–Trinajstić information content (AvgIpc) is 2.43. The lowest BCUT2D eigenvalue weighted by Gasteiger charge is -2.20. The summed E-state index contributed by atoms with van der Waals surface area (Å²) in [5, 5.41) is 9.58. The fraction of sp³-hybridized carbons (Fsp3) is 0.267. The Morgan fingerprint density at radius 2 is 2.21 bits per heavy atom. The molecule has 1 aromatic heterocycles. The Labute approximate surface area is 112 Å². The van der Waals surface area contributed by atoms with Crippen molar-refractivity contribution in [3.05, 3.63) is 54.5 Å². The molecular formula is C15H17FN2O. The van der Waals surface area contributed by atoms with Crippen LogP contribution in [0.15, 0.2) is 43.1 Å². The van der Waals surface area contributed by atoms with Gasteiger partial charge in [0.2, 0.25) is 0 Å². The molecule has 1 aromatic carbocycles. The third kappa shape index (κ3) is 3.16. The molecule has 100 valence electrons. The van der Waals surface area contributed by atoms with Crippen molar-refractivity contribution in [2.45, 2.75) is 6.54 Å². The van der Waals surface area contributed by atoms with Crippen LogP contribution in [0, 0.1) is 5.82 Å². The highest BCUT2D eigenvalue weighted by Gasteiger charge is 2.10. The lowest BCUT2D eigenvalue weighted by atomic mass is 10.1. The molecule has 0 aliphatic heterocycles.